The Morgan fingerprint density at radius 2 is 1.61 bits per heavy atom. The van der Waals surface area contributed by atoms with Gasteiger partial charge in [-0.15, -0.1) is 5.10 Å². The Kier molecular flexibility index (Phi) is 4.43. The molecule has 1 heterocycles. The van der Waals surface area contributed by atoms with Gasteiger partial charge in [0.1, 0.15) is 0 Å². The van der Waals surface area contributed by atoms with Crippen LogP contribution in [-0.2, 0) is 6.54 Å². The number of carbonyl (C=O) groups excluding carboxylic acids is 1. The SMILES string of the molecule is Cc1ccnnc1C(=O)N(Cc1ccccc1)c1ccccc1. The van der Waals surface area contributed by atoms with Gasteiger partial charge < -0.3 is 4.90 Å². The number of anilines is 1. The summed E-state index contributed by atoms with van der Waals surface area (Å²) < 4.78 is 0. The van der Waals surface area contributed by atoms with Gasteiger partial charge in [-0.2, -0.15) is 5.10 Å². The summed E-state index contributed by atoms with van der Waals surface area (Å²) in [7, 11) is 0. The highest BCUT2D eigenvalue weighted by molar-refractivity contribution is 6.05. The van der Waals surface area contributed by atoms with E-state index in [1.165, 1.54) is 0 Å². The Morgan fingerprint density at radius 3 is 2.26 bits per heavy atom. The molecule has 0 saturated heterocycles. The van der Waals surface area contributed by atoms with Gasteiger partial charge >= 0.3 is 0 Å². The second-order valence-corrected chi connectivity index (χ2v) is 5.28. The van der Waals surface area contributed by atoms with E-state index in [0.717, 1.165) is 16.8 Å². The van der Waals surface area contributed by atoms with Gasteiger partial charge in [-0.05, 0) is 36.2 Å². The fraction of sp³-hybridized carbons (Fsp3) is 0.105. The predicted octanol–water partition coefficient (Wildman–Crippen LogP) is 3.63. The van der Waals surface area contributed by atoms with Crippen molar-refractivity contribution in [3.05, 3.63) is 89.7 Å². The summed E-state index contributed by atoms with van der Waals surface area (Å²) in [5, 5.41) is 7.88. The number of aryl methyl sites for hydroxylation is 1. The highest BCUT2D eigenvalue weighted by Crippen LogP contribution is 2.20. The molecule has 0 radical (unpaired) electrons. The van der Waals surface area contributed by atoms with Crippen molar-refractivity contribution in [1.29, 1.82) is 0 Å². The van der Waals surface area contributed by atoms with E-state index < -0.39 is 0 Å². The van der Waals surface area contributed by atoms with Crippen LogP contribution in [0.1, 0.15) is 21.6 Å². The maximum Gasteiger partial charge on any atom is 0.279 e. The average Bonchev–Trinajstić information content (AvgIpc) is 2.61. The number of benzene rings is 2. The van der Waals surface area contributed by atoms with Crippen molar-refractivity contribution in [2.24, 2.45) is 0 Å². The number of hydrogen-bond acceptors (Lipinski definition) is 3. The van der Waals surface area contributed by atoms with Crippen LogP contribution in [0.3, 0.4) is 0 Å². The second kappa shape index (κ2) is 6.83. The maximum atomic E-state index is 13.0. The summed E-state index contributed by atoms with van der Waals surface area (Å²) >= 11 is 0. The molecule has 114 valence electrons. The summed E-state index contributed by atoms with van der Waals surface area (Å²) in [5.74, 6) is -0.148. The van der Waals surface area contributed by atoms with Crippen molar-refractivity contribution in [2.75, 3.05) is 4.90 Å². The molecular weight excluding hydrogens is 286 g/mol. The molecule has 3 aromatic rings. The number of carbonyl (C=O) groups is 1. The lowest BCUT2D eigenvalue weighted by Crippen LogP contribution is -2.31. The van der Waals surface area contributed by atoms with Crippen molar-refractivity contribution in [3.63, 3.8) is 0 Å². The average molecular weight is 303 g/mol. The molecule has 0 saturated carbocycles. The number of rotatable bonds is 4. The topological polar surface area (TPSA) is 46.1 Å². The van der Waals surface area contributed by atoms with Crippen LogP contribution < -0.4 is 4.90 Å². The highest BCUT2D eigenvalue weighted by atomic mass is 16.2. The van der Waals surface area contributed by atoms with Crippen LogP contribution in [0, 0.1) is 6.92 Å². The minimum Gasteiger partial charge on any atom is -0.303 e. The minimum absolute atomic E-state index is 0.148. The van der Waals surface area contributed by atoms with E-state index in [9.17, 15) is 4.79 Å². The van der Waals surface area contributed by atoms with Gasteiger partial charge in [-0.25, -0.2) is 0 Å². The molecule has 1 aromatic heterocycles. The van der Waals surface area contributed by atoms with Crippen LogP contribution in [0.25, 0.3) is 0 Å². The Labute approximate surface area is 135 Å². The quantitative estimate of drug-likeness (QED) is 0.739. The molecule has 23 heavy (non-hydrogen) atoms. The van der Waals surface area contributed by atoms with Crippen molar-refractivity contribution in [3.8, 4) is 0 Å². The van der Waals surface area contributed by atoms with E-state index >= 15 is 0 Å². The molecule has 0 bridgehead atoms. The smallest absolute Gasteiger partial charge is 0.279 e. The van der Waals surface area contributed by atoms with Gasteiger partial charge in [0.25, 0.3) is 5.91 Å². The molecule has 1 amide bonds. The zero-order valence-corrected chi connectivity index (χ0v) is 12.9. The number of amides is 1. The van der Waals surface area contributed by atoms with Crippen LogP contribution in [0.4, 0.5) is 5.69 Å². The standard InChI is InChI=1S/C19H17N3O/c1-15-12-13-20-21-18(15)19(23)22(17-10-6-3-7-11-17)14-16-8-4-2-5-9-16/h2-13H,14H2,1H3. The maximum absolute atomic E-state index is 13.0. The fourth-order valence-corrected chi connectivity index (χ4v) is 2.39. The first kappa shape index (κ1) is 14.9. The van der Waals surface area contributed by atoms with E-state index in [1.54, 1.807) is 17.2 Å². The fourth-order valence-electron chi connectivity index (χ4n) is 2.39. The third-order valence-electron chi connectivity index (χ3n) is 3.62. The van der Waals surface area contributed by atoms with Crippen LogP contribution in [0.2, 0.25) is 0 Å². The second-order valence-electron chi connectivity index (χ2n) is 5.28. The summed E-state index contributed by atoms with van der Waals surface area (Å²) in [5.41, 5.74) is 3.10. The summed E-state index contributed by atoms with van der Waals surface area (Å²) in [6, 6.07) is 21.3. The minimum atomic E-state index is -0.148. The van der Waals surface area contributed by atoms with Crippen LogP contribution in [-0.4, -0.2) is 16.1 Å². The first-order valence-corrected chi connectivity index (χ1v) is 7.45. The van der Waals surface area contributed by atoms with E-state index in [-0.39, 0.29) is 5.91 Å². The van der Waals surface area contributed by atoms with E-state index in [0.29, 0.717) is 12.2 Å². The van der Waals surface area contributed by atoms with Gasteiger partial charge in [0.15, 0.2) is 5.69 Å². The summed E-state index contributed by atoms with van der Waals surface area (Å²) in [6.07, 6.45) is 1.59. The lowest BCUT2D eigenvalue weighted by Gasteiger charge is -2.23. The molecule has 0 aliphatic heterocycles. The van der Waals surface area contributed by atoms with Gasteiger partial charge in [0, 0.05) is 11.9 Å². The molecule has 0 fully saturated rings. The molecule has 0 aliphatic rings. The van der Waals surface area contributed by atoms with Gasteiger partial charge in [0.2, 0.25) is 0 Å². The number of nitrogens with zero attached hydrogens (tertiary/aromatic N) is 3. The molecule has 4 heteroatoms. The molecular formula is C19H17N3O. The third kappa shape index (κ3) is 3.43. The largest absolute Gasteiger partial charge is 0.303 e. The molecule has 0 atom stereocenters. The van der Waals surface area contributed by atoms with Gasteiger partial charge in [-0.1, -0.05) is 48.5 Å². The van der Waals surface area contributed by atoms with Crippen molar-refractivity contribution in [2.45, 2.75) is 13.5 Å². The molecule has 0 spiro atoms. The number of aromatic nitrogens is 2. The van der Waals surface area contributed by atoms with Crippen LogP contribution in [0.5, 0.6) is 0 Å². The van der Waals surface area contributed by atoms with Crippen LogP contribution >= 0.6 is 0 Å². The first-order valence-electron chi connectivity index (χ1n) is 7.45. The zero-order chi connectivity index (χ0) is 16.1. The summed E-state index contributed by atoms with van der Waals surface area (Å²) in [6.45, 7) is 2.35. The Balaban J connectivity index is 1.98. The lowest BCUT2D eigenvalue weighted by molar-refractivity contribution is 0.0978. The van der Waals surface area contributed by atoms with E-state index in [4.69, 9.17) is 0 Å². The third-order valence-corrected chi connectivity index (χ3v) is 3.62. The zero-order valence-electron chi connectivity index (χ0n) is 12.9. The number of hydrogen-bond donors (Lipinski definition) is 0. The Morgan fingerprint density at radius 1 is 0.957 bits per heavy atom. The van der Waals surface area contributed by atoms with Gasteiger partial charge in [0.05, 0.1) is 6.54 Å². The predicted molar refractivity (Wildman–Crippen MR) is 90.2 cm³/mol. The number of para-hydroxylation sites is 1. The van der Waals surface area contributed by atoms with Crippen molar-refractivity contribution in [1.82, 2.24) is 10.2 Å². The molecule has 0 aliphatic carbocycles. The van der Waals surface area contributed by atoms with E-state index in [2.05, 4.69) is 10.2 Å². The molecule has 0 unspecified atom stereocenters. The van der Waals surface area contributed by atoms with Crippen LogP contribution in [0.15, 0.2) is 72.9 Å². The lowest BCUT2D eigenvalue weighted by atomic mass is 10.1. The molecule has 3 rings (SSSR count). The van der Waals surface area contributed by atoms with Crippen molar-refractivity contribution < 1.29 is 4.79 Å². The Bertz CT molecular complexity index is 788. The normalized spacial score (nSPS) is 10.3. The first-order chi connectivity index (χ1) is 11.3. The molecule has 2 aromatic carbocycles. The monoisotopic (exact) mass is 303 g/mol. The van der Waals surface area contributed by atoms with Gasteiger partial charge in [-0.3, -0.25) is 4.79 Å². The summed E-state index contributed by atoms with van der Waals surface area (Å²) in [4.78, 5) is 14.7. The van der Waals surface area contributed by atoms with E-state index in [1.807, 2.05) is 67.6 Å². The Hall–Kier alpha value is -3.01. The van der Waals surface area contributed by atoms with Crippen molar-refractivity contribution >= 4 is 11.6 Å². The highest BCUT2D eigenvalue weighted by Gasteiger charge is 2.21. The molecule has 4 nitrogen and oxygen atoms in total. The molecule has 0 N–H and O–H groups in total.